The fourth-order valence-electron chi connectivity index (χ4n) is 3.07. The Hall–Kier alpha value is -0.860. The monoisotopic (exact) mass is 448 g/mol. The first-order chi connectivity index (χ1) is 11.0. The van der Waals surface area contributed by atoms with Gasteiger partial charge in [-0.3, -0.25) is 4.99 Å². The van der Waals surface area contributed by atoms with Gasteiger partial charge in [0, 0.05) is 25.6 Å². The van der Waals surface area contributed by atoms with Crippen LogP contribution in [0.15, 0.2) is 11.3 Å². The zero-order chi connectivity index (χ0) is 16.7. The molecule has 138 valence electrons. The molecule has 1 heterocycles. The molecule has 1 saturated carbocycles. The maximum Gasteiger partial charge on any atom is 0.191 e. The second kappa shape index (κ2) is 10.2. The van der Waals surface area contributed by atoms with Crippen molar-refractivity contribution in [3.8, 4) is 0 Å². The first kappa shape index (κ1) is 21.2. The van der Waals surface area contributed by atoms with Gasteiger partial charge in [-0.15, -0.1) is 34.2 Å². The quantitative estimate of drug-likeness (QED) is 0.399. The largest absolute Gasteiger partial charge is 0.357 e. The minimum atomic E-state index is 0. The van der Waals surface area contributed by atoms with Crippen molar-refractivity contribution in [1.29, 1.82) is 0 Å². The first-order valence-corrected chi connectivity index (χ1v) is 8.95. The lowest BCUT2D eigenvalue weighted by Gasteiger charge is -2.35. The molecule has 0 radical (unpaired) electrons. The summed E-state index contributed by atoms with van der Waals surface area (Å²) in [6.45, 7) is 11.4. The highest BCUT2D eigenvalue weighted by atomic mass is 127. The van der Waals surface area contributed by atoms with E-state index in [1.807, 2.05) is 0 Å². The normalized spacial score (nSPS) is 18.1. The van der Waals surface area contributed by atoms with Crippen LogP contribution in [0.5, 0.6) is 0 Å². The Morgan fingerprint density at radius 3 is 2.67 bits per heavy atom. The molecule has 2 rings (SSSR count). The molecular weight excluding hydrogens is 415 g/mol. The number of halogens is 1. The van der Waals surface area contributed by atoms with Gasteiger partial charge < -0.3 is 15.2 Å². The fraction of sp³-hybridized carbons (Fsp3) is 0.824. The predicted octanol–water partition coefficient (Wildman–Crippen LogP) is 2.98. The molecule has 2 N–H and O–H groups in total. The van der Waals surface area contributed by atoms with Gasteiger partial charge in [0.1, 0.15) is 12.2 Å². The van der Waals surface area contributed by atoms with Gasteiger partial charge in [0.15, 0.2) is 5.96 Å². The summed E-state index contributed by atoms with van der Waals surface area (Å²) in [6.07, 6.45) is 7.71. The Bertz CT molecular complexity index is 501. The van der Waals surface area contributed by atoms with Gasteiger partial charge in [-0.1, -0.05) is 20.8 Å². The van der Waals surface area contributed by atoms with Crippen LogP contribution in [-0.4, -0.2) is 39.9 Å². The molecule has 1 aromatic rings. The van der Waals surface area contributed by atoms with Gasteiger partial charge in [-0.25, -0.2) is 0 Å². The summed E-state index contributed by atoms with van der Waals surface area (Å²) in [5.74, 6) is 1.95. The van der Waals surface area contributed by atoms with Crippen LogP contribution in [0.4, 0.5) is 0 Å². The van der Waals surface area contributed by atoms with Gasteiger partial charge in [0.05, 0.1) is 6.54 Å². The molecule has 1 aromatic heterocycles. The van der Waals surface area contributed by atoms with Crippen LogP contribution in [0, 0.1) is 5.41 Å². The summed E-state index contributed by atoms with van der Waals surface area (Å²) >= 11 is 0. The van der Waals surface area contributed by atoms with Crippen LogP contribution in [-0.2, 0) is 13.0 Å². The van der Waals surface area contributed by atoms with Gasteiger partial charge in [0.2, 0.25) is 0 Å². The van der Waals surface area contributed by atoms with Crippen molar-refractivity contribution in [2.24, 2.45) is 10.4 Å². The minimum absolute atomic E-state index is 0. The number of nitrogens with zero attached hydrogens (tertiary/aromatic N) is 4. The van der Waals surface area contributed by atoms with E-state index in [1.54, 1.807) is 6.33 Å². The second-order valence-electron chi connectivity index (χ2n) is 7.14. The predicted molar refractivity (Wildman–Crippen MR) is 110 cm³/mol. The van der Waals surface area contributed by atoms with Crippen LogP contribution in [0.3, 0.4) is 0 Å². The average Bonchev–Trinajstić information content (AvgIpc) is 2.97. The van der Waals surface area contributed by atoms with E-state index in [4.69, 9.17) is 4.99 Å². The molecule has 6 nitrogen and oxygen atoms in total. The van der Waals surface area contributed by atoms with E-state index in [9.17, 15) is 0 Å². The van der Waals surface area contributed by atoms with Crippen LogP contribution >= 0.6 is 24.0 Å². The molecule has 7 heteroatoms. The van der Waals surface area contributed by atoms with E-state index in [-0.39, 0.29) is 24.0 Å². The van der Waals surface area contributed by atoms with Crippen molar-refractivity contribution in [3.05, 3.63) is 12.2 Å². The van der Waals surface area contributed by atoms with E-state index in [0.717, 1.165) is 37.8 Å². The molecule has 0 spiro atoms. The molecule has 0 amide bonds. The molecule has 0 bridgehead atoms. The number of aryl methyl sites for hydroxylation is 1. The number of rotatable bonds is 6. The third kappa shape index (κ3) is 6.57. The Morgan fingerprint density at radius 2 is 2.04 bits per heavy atom. The maximum absolute atomic E-state index is 4.71. The molecule has 0 aliphatic heterocycles. The third-order valence-corrected chi connectivity index (χ3v) is 4.65. The topological polar surface area (TPSA) is 67.1 Å². The van der Waals surface area contributed by atoms with Gasteiger partial charge in [0.25, 0.3) is 0 Å². The summed E-state index contributed by atoms with van der Waals surface area (Å²) in [7, 11) is 0. The van der Waals surface area contributed by atoms with Crippen molar-refractivity contribution in [2.75, 3.05) is 13.1 Å². The van der Waals surface area contributed by atoms with E-state index in [1.165, 1.54) is 25.7 Å². The van der Waals surface area contributed by atoms with Crippen LogP contribution in [0.25, 0.3) is 0 Å². The molecule has 1 fully saturated rings. The number of aromatic nitrogens is 3. The number of hydrogen-bond donors (Lipinski definition) is 2. The molecule has 0 atom stereocenters. The number of hydrogen-bond acceptors (Lipinski definition) is 3. The molecule has 24 heavy (non-hydrogen) atoms. The highest BCUT2D eigenvalue weighted by Crippen LogP contribution is 2.34. The van der Waals surface area contributed by atoms with Crippen LogP contribution in [0.2, 0.25) is 0 Å². The van der Waals surface area contributed by atoms with Crippen LogP contribution < -0.4 is 10.6 Å². The van der Waals surface area contributed by atoms with Crippen LogP contribution in [0.1, 0.15) is 59.2 Å². The molecule has 0 saturated heterocycles. The molecular formula is C17H33IN6. The number of nitrogens with one attached hydrogen (secondary N) is 2. The van der Waals surface area contributed by atoms with E-state index >= 15 is 0 Å². The zero-order valence-corrected chi connectivity index (χ0v) is 17.8. The molecule has 1 aliphatic carbocycles. The molecule has 1 aliphatic rings. The third-order valence-electron chi connectivity index (χ3n) is 4.65. The summed E-state index contributed by atoms with van der Waals surface area (Å²) < 4.78 is 2.08. The van der Waals surface area contributed by atoms with E-state index < -0.39 is 0 Å². The standard InChI is InChI=1S/C17H32N6.HI/c1-5-15-22-20-13-23(15)12-11-19-16(18-6-2)21-14-7-9-17(3,4)10-8-14;/h13-14H,5-12H2,1-4H3,(H2,18,19,21);1H. The fourth-order valence-corrected chi connectivity index (χ4v) is 3.07. The molecule has 0 unspecified atom stereocenters. The SMILES string of the molecule is CCNC(=NCCn1cnnc1CC)NC1CCC(C)(C)CC1.I. The lowest BCUT2D eigenvalue weighted by molar-refractivity contribution is 0.216. The molecule has 0 aromatic carbocycles. The smallest absolute Gasteiger partial charge is 0.191 e. The summed E-state index contributed by atoms with van der Waals surface area (Å²) in [4.78, 5) is 4.71. The van der Waals surface area contributed by atoms with Crippen molar-refractivity contribution >= 4 is 29.9 Å². The number of aliphatic imine (C=N–C) groups is 1. The van der Waals surface area contributed by atoms with Gasteiger partial charge in [-0.05, 0) is 38.0 Å². The first-order valence-electron chi connectivity index (χ1n) is 8.95. The summed E-state index contributed by atoms with van der Waals surface area (Å²) in [5.41, 5.74) is 0.499. The minimum Gasteiger partial charge on any atom is -0.357 e. The Labute approximate surface area is 163 Å². The van der Waals surface area contributed by atoms with Crippen molar-refractivity contribution in [2.45, 2.75) is 72.4 Å². The lowest BCUT2D eigenvalue weighted by atomic mass is 9.75. The van der Waals surface area contributed by atoms with E-state index in [0.29, 0.717) is 11.5 Å². The highest BCUT2D eigenvalue weighted by molar-refractivity contribution is 14.0. The Kier molecular flexibility index (Phi) is 9.01. The maximum atomic E-state index is 4.71. The van der Waals surface area contributed by atoms with E-state index in [2.05, 4.69) is 53.1 Å². The average molecular weight is 448 g/mol. The van der Waals surface area contributed by atoms with Gasteiger partial charge in [-0.2, -0.15) is 0 Å². The second-order valence-corrected chi connectivity index (χ2v) is 7.14. The van der Waals surface area contributed by atoms with Gasteiger partial charge >= 0.3 is 0 Å². The Balaban J connectivity index is 0.00000288. The lowest BCUT2D eigenvalue weighted by Crippen LogP contribution is -2.45. The number of guanidine groups is 1. The Morgan fingerprint density at radius 1 is 1.33 bits per heavy atom. The zero-order valence-electron chi connectivity index (χ0n) is 15.5. The summed E-state index contributed by atoms with van der Waals surface area (Å²) in [6, 6.07) is 0.543. The van der Waals surface area contributed by atoms with Crippen molar-refractivity contribution in [3.63, 3.8) is 0 Å². The highest BCUT2D eigenvalue weighted by Gasteiger charge is 2.27. The van der Waals surface area contributed by atoms with Crippen molar-refractivity contribution < 1.29 is 0 Å². The summed E-state index contributed by atoms with van der Waals surface area (Å²) in [5, 5.41) is 15.0. The van der Waals surface area contributed by atoms with Crippen molar-refractivity contribution in [1.82, 2.24) is 25.4 Å².